The van der Waals surface area contributed by atoms with Crippen molar-refractivity contribution in [1.82, 2.24) is 4.90 Å². The minimum absolute atomic E-state index is 0.0314. The molecule has 0 N–H and O–H groups in total. The Kier molecular flexibility index (Phi) is 5.84. The Morgan fingerprint density at radius 1 is 1.04 bits per heavy atom. The van der Waals surface area contributed by atoms with Gasteiger partial charge in [0.1, 0.15) is 6.04 Å². The van der Waals surface area contributed by atoms with Crippen LogP contribution in [0.2, 0.25) is 5.04 Å². The number of rotatable bonds is 7. The van der Waals surface area contributed by atoms with Gasteiger partial charge in [-0.15, -0.1) is 0 Å². The highest BCUT2D eigenvalue weighted by Gasteiger charge is 2.50. The molecule has 0 saturated carbocycles. The highest BCUT2D eigenvalue weighted by molar-refractivity contribution is 6.99. The average molecular weight is 384 g/mol. The Balaban J connectivity index is 1.87. The van der Waals surface area contributed by atoms with Gasteiger partial charge >= 0.3 is 5.97 Å². The van der Waals surface area contributed by atoms with E-state index in [0.717, 1.165) is 13.1 Å². The molecule has 0 aromatic heterocycles. The quantitative estimate of drug-likeness (QED) is 0.418. The SMILES string of the molecule is COC(=O)[C@H]1CN1CCO[Si](c1ccccc1)(c1ccccc1)C(C)(C)C. The lowest BCUT2D eigenvalue weighted by atomic mass is 10.2. The fourth-order valence-electron chi connectivity index (χ4n) is 3.86. The normalized spacial score (nSPS) is 19.6. The summed E-state index contributed by atoms with van der Waals surface area (Å²) in [7, 11) is -1.05. The van der Waals surface area contributed by atoms with Crippen LogP contribution in [0.3, 0.4) is 0 Å². The van der Waals surface area contributed by atoms with Crippen molar-refractivity contribution in [3.05, 3.63) is 60.7 Å². The van der Waals surface area contributed by atoms with Crippen LogP contribution < -0.4 is 10.4 Å². The van der Waals surface area contributed by atoms with Crippen molar-refractivity contribution in [2.24, 2.45) is 0 Å². The predicted molar refractivity (Wildman–Crippen MR) is 111 cm³/mol. The van der Waals surface area contributed by atoms with E-state index in [-0.39, 0.29) is 17.0 Å². The van der Waals surface area contributed by atoms with Gasteiger partial charge in [-0.05, 0) is 15.4 Å². The molecule has 0 spiro atoms. The molecule has 1 unspecified atom stereocenters. The first kappa shape index (κ1) is 19.8. The molecule has 4 nitrogen and oxygen atoms in total. The van der Waals surface area contributed by atoms with Crippen LogP contribution in [-0.4, -0.2) is 52.0 Å². The molecule has 0 radical (unpaired) electrons. The lowest BCUT2D eigenvalue weighted by Gasteiger charge is -2.43. The van der Waals surface area contributed by atoms with Crippen LogP contribution in [0.1, 0.15) is 20.8 Å². The third-order valence-corrected chi connectivity index (χ3v) is 10.3. The van der Waals surface area contributed by atoms with Crippen LogP contribution in [0, 0.1) is 0 Å². The van der Waals surface area contributed by atoms with E-state index in [1.165, 1.54) is 17.5 Å². The van der Waals surface area contributed by atoms with Crippen LogP contribution in [-0.2, 0) is 14.0 Å². The molecule has 0 aliphatic carbocycles. The van der Waals surface area contributed by atoms with Crippen molar-refractivity contribution in [3.63, 3.8) is 0 Å². The second-order valence-electron chi connectivity index (χ2n) is 8.05. The maximum Gasteiger partial charge on any atom is 0.324 e. The molecule has 1 aliphatic rings. The Labute approximate surface area is 163 Å². The highest BCUT2D eigenvalue weighted by Crippen LogP contribution is 2.36. The highest BCUT2D eigenvalue weighted by atomic mass is 28.4. The second-order valence-corrected chi connectivity index (χ2v) is 12.4. The molecule has 0 amide bonds. The van der Waals surface area contributed by atoms with Crippen LogP contribution in [0.25, 0.3) is 0 Å². The van der Waals surface area contributed by atoms with E-state index in [2.05, 4.69) is 74.2 Å². The maximum absolute atomic E-state index is 11.7. The molecule has 2 aromatic rings. The first-order valence-corrected chi connectivity index (χ1v) is 11.4. The van der Waals surface area contributed by atoms with Gasteiger partial charge in [0.2, 0.25) is 0 Å². The first-order chi connectivity index (χ1) is 12.9. The summed E-state index contributed by atoms with van der Waals surface area (Å²) >= 11 is 0. The van der Waals surface area contributed by atoms with E-state index in [1.54, 1.807) is 0 Å². The van der Waals surface area contributed by atoms with Gasteiger partial charge in [-0.2, -0.15) is 0 Å². The predicted octanol–water partition coefficient (Wildman–Crippen LogP) is 2.42. The van der Waals surface area contributed by atoms with Crippen LogP contribution in [0.15, 0.2) is 60.7 Å². The minimum atomic E-state index is -2.49. The van der Waals surface area contributed by atoms with E-state index >= 15 is 0 Å². The summed E-state index contributed by atoms with van der Waals surface area (Å²) in [6.07, 6.45) is 0. The van der Waals surface area contributed by atoms with E-state index < -0.39 is 8.32 Å². The number of benzene rings is 2. The number of nitrogens with zero attached hydrogens (tertiary/aromatic N) is 1. The first-order valence-electron chi connectivity index (χ1n) is 9.47. The van der Waals surface area contributed by atoms with Gasteiger partial charge < -0.3 is 9.16 Å². The van der Waals surface area contributed by atoms with E-state index in [4.69, 9.17) is 9.16 Å². The van der Waals surface area contributed by atoms with Gasteiger partial charge in [-0.1, -0.05) is 81.4 Å². The Morgan fingerprint density at radius 2 is 1.56 bits per heavy atom. The van der Waals surface area contributed by atoms with Gasteiger partial charge in [-0.25, -0.2) is 0 Å². The molecule has 1 saturated heterocycles. The Bertz CT molecular complexity index is 719. The summed E-state index contributed by atoms with van der Waals surface area (Å²) < 4.78 is 11.7. The fraction of sp³-hybridized carbons (Fsp3) is 0.409. The molecule has 2 atom stereocenters. The number of carbonyl (C=O) groups is 1. The molecule has 2 aromatic carbocycles. The number of carbonyl (C=O) groups excluding carboxylic acids is 1. The topological polar surface area (TPSA) is 38.5 Å². The summed E-state index contributed by atoms with van der Waals surface area (Å²) in [6.45, 7) is 8.91. The molecule has 0 bridgehead atoms. The van der Waals surface area contributed by atoms with Crippen molar-refractivity contribution < 1.29 is 14.0 Å². The summed E-state index contributed by atoms with van der Waals surface area (Å²) in [5.74, 6) is -0.152. The van der Waals surface area contributed by atoms with Gasteiger partial charge in [0.15, 0.2) is 0 Å². The van der Waals surface area contributed by atoms with Crippen LogP contribution >= 0.6 is 0 Å². The zero-order valence-electron chi connectivity index (χ0n) is 16.6. The summed E-state index contributed by atoms with van der Waals surface area (Å²) in [5.41, 5.74) is 0. The number of hydrogen-bond donors (Lipinski definition) is 0. The molecule has 5 heteroatoms. The van der Waals surface area contributed by atoms with Gasteiger partial charge in [0.25, 0.3) is 8.32 Å². The minimum Gasteiger partial charge on any atom is -0.468 e. The smallest absolute Gasteiger partial charge is 0.324 e. The monoisotopic (exact) mass is 383 g/mol. The molecule has 1 heterocycles. The van der Waals surface area contributed by atoms with Crippen molar-refractivity contribution in [2.75, 3.05) is 26.8 Å². The summed E-state index contributed by atoms with van der Waals surface area (Å²) in [5, 5.41) is 2.52. The molecule has 1 fully saturated rings. The third kappa shape index (κ3) is 4.00. The molecule has 3 rings (SSSR count). The van der Waals surface area contributed by atoms with Crippen LogP contribution in [0.4, 0.5) is 0 Å². The molecule has 144 valence electrons. The van der Waals surface area contributed by atoms with Crippen LogP contribution in [0.5, 0.6) is 0 Å². The summed E-state index contributed by atoms with van der Waals surface area (Å²) in [4.78, 5) is 13.8. The largest absolute Gasteiger partial charge is 0.468 e. The Hall–Kier alpha value is -1.95. The van der Waals surface area contributed by atoms with Crippen molar-refractivity contribution in [3.8, 4) is 0 Å². The molecular formula is C22H29NO3Si. The fourth-order valence-corrected chi connectivity index (χ4v) is 8.41. The number of esters is 1. The lowest BCUT2D eigenvalue weighted by Crippen LogP contribution is -2.66. The van der Waals surface area contributed by atoms with E-state index in [9.17, 15) is 4.79 Å². The number of ether oxygens (including phenoxy) is 1. The van der Waals surface area contributed by atoms with E-state index in [1.807, 2.05) is 12.1 Å². The van der Waals surface area contributed by atoms with Crippen molar-refractivity contribution >= 4 is 24.7 Å². The summed E-state index contributed by atoms with van der Waals surface area (Å²) in [6, 6.07) is 21.1. The molecule has 1 aliphatic heterocycles. The average Bonchev–Trinajstić information content (AvgIpc) is 3.44. The number of methoxy groups -OCH3 is 1. The number of hydrogen-bond acceptors (Lipinski definition) is 4. The standard InChI is InChI=1S/C22H29NO3Si/c1-22(2,3)27(18-11-7-5-8-12-18,19-13-9-6-10-14-19)26-16-15-23-17-20(23)21(24)25-4/h5-14,20H,15-17H2,1-4H3/t20-,23?/m1/s1. The zero-order valence-corrected chi connectivity index (χ0v) is 17.6. The lowest BCUT2D eigenvalue weighted by molar-refractivity contribution is -0.140. The van der Waals surface area contributed by atoms with Gasteiger partial charge in [0.05, 0.1) is 7.11 Å². The zero-order chi connectivity index (χ0) is 19.5. The second kappa shape index (κ2) is 7.96. The molecular weight excluding hydrogens is 354 g/mol. The van der Waals surface area contributed by atoms with Gasteiger partial charge in [-0.3, -0.25) is 9.69 Å². The third-order valence-electron chi connectivity index (χ3n) is 5.30. The van der Waals surface area contributed by atoms with Crippen molar-refractivity contribution in [1.29, 1.82) is 0 Å². The maximum atomic E-state index is 11.7. The molecule has 27 heavy (non-hydrogen) atoms. The van der Waals surface area contributed by atoms with Gasteiger partial charge in [0, 0.05) is 19.7 Å². The Morgan fingerprint density at radius 3 is 2.00 bits per heavy atom. The van der Waals surface area contributed by atoms with Crippen molar-refractivity contribution in [2.45, 2.75) is 31.9 Å². The van der Waals surface area contributed by atoms with E-state index in [0.29, 0.717) is 6.61 Å².